The highest BCUT2D eigenvalue weighted by atomic mass is 16.1. The number of carbonyl (C=O) groups excluding carboxylic acids is 1. The summed E-state index contributed by atoms with van der Waals surface area (Å²) in [7, 11) is 0. The van der Waals surface area contributed by atoms with Crippen LogP contribution in [0.1, 0.15) is 75.6 Å². The number of hydrogen-bond donors (Lipinski definition) is 1. The average Bonchev–Trinajstić information content (AvgIpc) is 2.89. The minimum absolute atomic E-state index is 0.0298. The summed E-state index contributed by atoms with van der Waals surface area (Å²) in [5, 5.41) is 5.69. The molecule has 1 heterocycles. The first-order valence-electron chi connectivity index (χ1n) is 14.9. The second-order valence-corrected chi connectivity index (χ2v) is 12.9. The standard InChI is InChI=1S/C35H41N3O/c1-23-8-11-29(12-9-23)32-22-36-34(38-33(39)17-26-10-13-28-6-4-5-7-30(28)16-26)31(37-32)21-35-18-24(2)14-27(20-35)15-25(3)19-35/h6-13,16,22,24-25,27H,4-5,14-15,17-21H2,1-3H3,(H,36,38,39). The molecule has 0 radical (unpaired) electrons. The maximum absolute atomic E-state index is 13.3. The summed E-state index contributed by atoms with van der Waals surface area (Å²) in [6, 6.07) is 14.8. The summed E-state index contributed by atoms with van der Waals surface area (Å²) in [4.78, 5) is 23.3. The van der Waals surface area contributed by atoms with Crippen molar-refractivity contribution in [3.05, 3.63) is 75.9 Å². The summed E-state index contributed by atoms with van der Waals surface area (Å²) in [5.41, 5.74) is 5.39. The topological polar surface area (TPSA) is 54.9 Å². The fourth-order valence-electron chi connectivity index (χ4n) is 7.93. The van der Waals surface area contributed by atoms with Gasteiger partial charge in [-0.05, 0) is 97.5 Å². The van der Waals surface area contributed by atoms with Gasteiger partial charge in [0.05, 0.1) is 24.0 Å². The van der Waals surface area contributed by atoms with Crippen molar-refractivity contribution in [3.8, 4) is 11.3 Å². The molecule has 3 aliphatic carbocycles. The summed E-state index contributed by atoms with van der Waals surface area (Å²) in [6.45, 7) is 6.94. The first kappa shape index (κ1) is 26.0. The van der Waals surface area contributed by atoms with Gasteiger partial charge in [0.25, 0.3) is 0 Å². The van der Waals surface area contributed by atoms with Gasteiger partial charge in [-0.15, -0.1) is 0 Å². The number of fused-ring (bicyclic) bond motifs is 3. The summed E-state index contributed by atoms with van der Waals surface area (Å²) < 4.78 is 0. The van der Waals surface area contributed by atoms with Gasteiger partial charge in [-0.3, -0.25) is 4.79 Å². The van der Waals surface area contributed by atoms with Crippen molar-refractivity contribution in [1.29, 1.82) is 0 Å². The van der Waals surface area contributed by atoms with Gasteiger partial charge in [0.1, 0.15) is 0 Å². The van der Waals surface area contributed by atoms with E-state index in [1.54, 1.807) is 0 Å². The van der Waals surface area contributed by atoms with Crippen LogP contribution in [-0.2, 0) is 17.6 Å². The lowest BCUT2D eigenvalue weighted by Gasteiger charge is -2.50. The van der Waals surface area contributed by atoms with Crippen molar-refractivity contribution in [3.63, 3.8) is 0 Å². The van der Waals surface area contributed by atoms with E-state index in [0.717, 1.165) is 59.5 Å². The lowest BCUT2D eigenvalue weighted by atomic mass is 9.55. The van der Waals surface area contributed by atoms with Crippen LogP contribution in [0.15, 0.2) is 48.7 Å². The Hall–Kier alpha value is -3.27. The SMILES string of the molecule is Cc1ccc(-c2cnc(NC(=O)Cc3ccc4c(c3)=CCCC=4)c(CC34CC(C)CC(CC(C)C3)C4)n2)cc1. The molecular weight excluding hydrogens is 478 g/mol. The summed E-state index contributed by atoms with van der Waals surface area (Å²) >= 11 is 0. The van der Waals surface area contributed by atoms with Gasteiger partial charge in [-0.1, -0.05) is 74.0 Å². The molecule has 2 saturated carbocycles. The zero-order valence-electron chi connectivity index (χ0n) is 23.7. The molecule has 1 aromatic heterocycles. The number of rotatable bonds is 6. The molecule has 39 heavy (non-hydrogen) atoms. The lowest BCUT2D eigenvalue weighted by molar-refractivity contribution is -0.115. The summed E-state index contributed by atoms with van der Waals surface area (Å²) in [5.74, 6) is 2.89. The Kier molecular flexibility index (Phi) is 7.14. The number of aromatic nitrogens is 2. The quantitative estimate of drug-likeness (QED) is 0.411. The van der Waals surface area contributed by atoms with Crippen LogP contribution in [0.5, 0.6) is 0 Å². The molecule has 0 spiro atoms. The molecule has 3 aromatic rings. The van der Waals surface area contributed by atoms with Gasteiger partial charge in [0.2, 0.25) is 5.91 Å². The molecule has 6 rings (SSSR count). The lowest BCUT2D eigenvalue weighted by Crippen LogP contribution is -2.41. The molecule has 0 saturated heterocycles. The van der Waals surface area contributed by atoms with Crippen molar-refractivity contribution >= 4 is 23.9 Å². The van der Waals surface area contributed by atoms with E-state index >= 15 is 0 Å². The van der Waals surface area contributed by atoms with E-state index in [-0.39, 0.29) is 11.3 Å². The molecule has 2 atom stereocenters. The highest BCUT2D eigenvalue weighted by Crippen LogP contribution is 2.54. The first-order chi connectivity index (χ1) is 18.8. The molecule has 2 fully saturated rings. The van der Waals surface area contributed by atoms with Crippen molar-refractivity contribution in [2.75, 3.05) is 5.32 Å². The number of nitrogens with one attached hydrogen (secondary N) is 1. The van der Waals surface area contributed by atoms with E-state index in [1.807, 2.05) is 6.20 Å². The molecular formula is C35H41N3O. The van der Waals surface area contributed by atoms with Crippen molar-refractivity contribution in [2.45, 2.75) is 78.6 Å². The van der Waals surface area contributed by atoms with E-state index in [2.05, 4.69) is 80.7 Å². The third-order valence-electron chi connectivity index (χ3n) is 9.16. The zero-order valence-corrected chi connectivity index (χ0v) is 23.7. The van der Waals surface area contributed by atoms with E-state index in [1.165, 1.54) is 48.1 Å². The monoisotopic (exact) mass is 519 g/mol. The van der Waals surface area contributed by atoms with Crippen molar-refractivity contribution in [2.24, 2.45) is 23.2 Å². The Morgan fingerprint density at radius 2 is 1.67 bits per heavy atom. The van der Waals surface area contributed by atoms with Crippen LogP contribution in [0.25, 0.3) is 23.4 Å². The predicted octanol–water partition coefficient (Wildman–Crippen LogP) is 6.38. The molecule has 1 N–H and O–H groups in total. The molecule has 2 bridgehead atoms. The molecule has 3 aliphatic rings. The number of nitrogens with zero attached hydrogens (tertiary/aromatic N) is 2. The van der Waals surface area contributed by atoms with Crippen LogP contribution < -0.4 is 15.8 Å². The van der Waals surface area contributed by atoms with Crippen LogP contribution in [-0.4, -0.2) is 15.9 Å². The number of benzene rings is 2. The zero-order chi connectivity index (χ0) is 27.0. The van der Waals surface area contributed by atoms with Crippen LogP contribution in [0.3, 0.4) is 0 Å². The van der Waals surface area contributed by atoms with Gasteiger partial charge < -0.3 is 5.32 Å². The fraction of sp³-hybridized carbons (Fsp3) is 0.457. The van der Waals surface area contributed by atoms with Gasteiger partial charge in [0, 0.05) is 5.56 Å². The second kappa shape index (κ2) is 10.7. The van der Waals surface area contributed by atoms with E-state index < -0.39 is 0 Å². The number of carbonyl (C=O) groups is 1. The van der Waals surface area contributed by atoms with Crippen molar-refractivity contribution < 1.29 is 4.79 Å². The van der Waals surface area contributed by atoms with Gasteiger partial charge in [-0.2, -0.15) is 0 Å². The maximum Gasteiger partial charge on any atom is 0.229 e. The number of anilines is 1. The molecule has 4 heteroatoms. The predicted molar refractivity (Wildman–Crippen MR) is 159 cm³/mol. The smallest absolute Gasteiger partial charge is 0.229 e. The molecule has 1 amide bonds. The van der Waals surface area contributed by atoms with Crippen LogP contribution in [0.2, 0.25) is 0 Å². The van der Waals surface area contributed by atoms with Crippen molar-refractivity contribution in [1.82, 2.24) is 9.97 Å². The molecule has 2 aromatic carbocycles. The largest absolute Gasteiger partial charge is 0.309 e. The minimum Gasteiger partial charge on any atom is -0.309 e. The van der Waals surface area contributed by atoms with Crippen LogP contribution in [0.4, 0.5) is 5.82 Å². The van der Waals surface area contributed by atoms with Gasteiger partial charge in [0.15, 0.2) is 5.82 Å². The average molecular weight is 520 g/mol. The summed E-state index contributed by atoms with van der Waals surface area (Å²) in [6.07, 6.45) is 16.2. The van der Waals surface area contributed by atoms with E-state index in [4.69, 9.17) is 9.97 Å². The minimum atomic E-state index is -0.0298. The third-order valence-corrected chi connectivity index (χ3v) is 9.16. The molecule has 0 aliphatic heterocycles. The van der Waals surface area contributed by atoms with Crippen LogP contribution in [0, 0.1) is 30.1 Å². The Bertz CT molecular complexity index is 1470. The normalized spacial score (nSPS) is 25.7. The van der Waals surface area contributed by atoms with Crippen LogP contribution >= 0.6 is 0 Å². The molecule has 202 valence electrons. The fourth-order valence-corrected chi connectivity index (χ4v) is 7.93. The highest BCUT2D eigenvalue weighted by molar-refractivity contribution is 5.92. The van der Waals surface area contributed by atoms with Gasteiger partial charge >= 0.3 is 0 Å². The first-order valence-corrected chi connectivity index (χ1v) is 14.9. The van der Waals surface area contributed by atoms with E-state index in [0.29, 0.717) is 12.2 Å². The number of amides is 1. The molecule has 4 nitrogen and oxygen atoms in total. The Labute approximate surface area is 232 Å². The maximum atomic E-state index is 13.3. The van der Waals surface area contributed by atoms with Gasteiger partial charge in [-0.25, -0.2) is 9.97 Å². The Morgan fingerprint density at radius 3 is 2.41 bits per heavy atom. The Morgan fingerprint density at radius 1 is 0.949 bits per heavy atom. The third kappa shape index (κ3) is 5.85. The highest BCUT2D eigenvalue weighted by Gasteiger charge is 2.44. The second-order valence-electron chi connectivity index (χ2n) is 12.9. The molecule has 2 unspecified atom stereocenters. The number of hydrogen-bond acceptors (Lipinski definition) is 3. The number of aryl methyl sites for hydroxylation is 1. The van der Waals surface area contributed by atoms with E-state index in [9.17, 15) is 4.79 Å². The Balaban J connectivity index is 1.30.